The highest BCUT2D eigenvalue weighted by atomic mass is 16.5. The molecule has 0 amide bonds. The molecule has 0 aliphatic heterocycles. The normalized spacial score (nSPS) is 18.3. The van der Waals surface area contributed by atoms with E-state index in [4.69, 9.17) is 4.52 Å². The van der Waals surface area contributed by atoms with Crippen molar-refractivity contribution in [2.75, 3.05) is 0 Å². The maximum atomic E-state index is 5.12. The van der Waals surface area contributed by atoms with Gasteiger partial charge in [0.05, 0.1) is 0 Å². The van der Waals surface area contributed by atoms with E-state index in [1.165, 1.54) is 24.0 Å². The lowest BCUT2D eigenvalue weighted by Gasteiger charge is -2.23. The maximum absolute atomic E-state index is 5.12. The monoisotopic (exact) mass is 270 g/mol. The molecule has 0 spiro atoms. The molecule has 0 unspecified atom stereocenters. The minimum Gasteiger partial charge on any atom is -0.339 e. The summed E-state index contributed by atoms with van der Waals surface area (Å²) in [5, 5.41) is 4.08. The predicted octanol–water partition coefficient (Wildman–Crippen LogP) is 4.51. The highest BCUT2D eigenvalue weighted by Crippen LogP contribution is 2.43. The zero-order chi connectivity index (χ0) is 14.3. The molecule has 1 aliphatic carbocycles. The zero-order valence-corrected chi connectivity index (χ0v) is 12.7. The maximum Gasteiger partial charge on any atom is 0.223 e. The summed E-state index contributed by atoms with van der Waals surface area (Å²) in [4.78, 5) is 4.38. The van der Waals surface area contributed by atoms with Gasteiger partial charge in [0.2, 0.25) is 11.7 Å². The molecule has 3 nitrogen and oxygen atoms in total. The third kappa shape index (κ3) is 2.49. The first-order chi connectivity index (χ1) is 9.44. The van der Waals surface area contributed by atoms with Crippen LogP contribution < -0.4 is 0 Å². The second-order valence-corrected chi connectivity index (χ2v) is 7.01. The van der Waals surface area contributed by atoms with Gasteiger partial charge in [0.1, 0.15) is 0 Å². The van der Waals surface area contributed by atoms with Crippen LogP contribution in [0.5, 0.6) is 0 Å². The number of hydrogen-bond acceptors (Lipinski definition) is 3. The second kappa shape index (κ2) is 4.72. The molecule has 3 rings (SSSR count). The Morgan fingerprint density at radius 2 is 2.10 bits per heavy atom. The largest absolute Gasteiger partial charge is 0.339 e. The van der Waals surface area contributed by atoms with E-state index < -0.39 is 0 Å². The Bertz CT molecular complexity index is 622. The van der Waals surface area contributed by atoms with Gasteiger partial charge in [0.25, 0.3) is 0 Å². The topological polar surface area (TPSA) is 38.9 Å². The highest BCUT2D eigenvalue weighted by Gasteiger charge is 2.29. The fourth-order valence-electron chi connectivity index (χ4n) is 3.31. The van der Waals surface area contributed by atoms with Crippen LogP contribution in [0.25, 0.3) is 11.4 Å². The van der Waals surface area contributed by atoms with Crippen LogP contribution in [0, 0.1) is 12.3 Å². The molecular weight excluding hydrogens is 248 g/mol. The summed E-state index contributed by atoms with van der Waals surface area (Å²) in [6.45, 7) is 8.79. The molecule has 1 aromatic carbocycles. The van der Waals surface area contributed by atoms with Crippen LogP contribution in [0.4, 0.5) is 0 Å². The Morgan fingerprint density at radius 1 is 1.30 bits per heavy atom. The van der Waals surface area contributed by atoms with Gasteiger partial charge in [0, 0.05) is 12.5 Å². The smallest absolute Gasteiger partial charge is 0.223 e. The third-order valence-corrected chi connectivity index (χ3v) is 4.02. The number of rotatable bonds is 2. The van der Waals surface area contributed by atoms with Crippen LogP contribution in [-0.4, -0.2) is 10.1 Å². The molecule has 1 aromatic heterocycles. The van der Waals surface area contributed by atoms with Crippen LogP contribution in [-0.2, 0) is 6.42 Å². The van der Waals surface area contributed by atoms with Crippen molar-refractivity contribution in [3.63, 3.8) is 0 Å². The average Bonchev–Trinajstić information content (AvgIpc) is 2.95. The fourth-order valence-corrected chi connectivity index (χ4v) is 3.31. The van der Waals surface area contributed by atoms with Gasteiger partial charge in [-0.15, -0.1) is 0 Å². The molecule has 1 aliphatic rings. The number of nitrogens with zero attached hydrogens (tertiary/aromatic N) is 2. The molecule has 106 valence electrons. The Balaban J connectivity index is 1.98. The molecule has 20 heavy (non-hydrogen) atoms. The van der Waals surface area contributed by atoms with Gasteiger partial charge >= 0.3 is 0 Å². The Labute approximate surface area is 120 Å². The summed E-state index contributed by atoms with van der Waals surface area (Å²) in [6, 6.07) is 6.51. The third-order valence-electron chi connectivity index (χ3n) is 4.02. The molecule has 0 radical (unpaired) electrons. The summed E-state index contributed by atoms with van der Waals surface area (Å²) in [5.41, 5.74) is 4.42. The molecule has 2 aromatic rings. The van der Waals surface area contributed by atoms with Crippen molar-refractivity contribution in [3.8, 4) is 11.4 Å². The van der Waals surface area contributed by atoms with E-state index >= 15 is 0 Å². The first-order valence-corrected chi connectivity index (χ1v) is 7.36. The number of hydrogen-bond donors (Lipinski definition) is 0. The van der Waals surface area contributed by atoms with Crippen molar-refractivity contribution in [1.29, 1.82) is 0 Å². The molecule has 0 fully saturated rings. The van der Waals surface area contributed by atoms with Crippen LogP contribution >= 0.6 is 0 Å². The summed E-state index contributed by atoms with van der Waals surface area (Å²) in [7, 11) is 0. The van der Waals surface area contributed by atoms with E-state index in [-0.39, 0.29) is 0 Å². The molecule has 3 heteroatoms. The van der Waals surface area contributed by atoms with Gasteiger partial charge < -0.3 is 4.52 Å². The minimum absolute atomic E-state index is 0.366. The van der Waals surface area contributed by atoms with Gasteiger partial charge in [-0.3, -0.25) is 0 Å². The van der Waals surface area contributed by atoms with Gasteiger partial charge in [-0.1, -0.05) is 44.1 Å². The standard InChI is InChI=1S/C17H22N2O/c1-11-18-16(19-20-11)15-7-5-6-13-12(8-9-14(13)15)10-17(2,3)4/h5-7,12H,8-10H2,1-4H3/t12-/m0/s1. The van der Waals surface area contributed by atoms with Crippen LogP contribution in [0.3, 0.4) is 0 Å². The second-order valence-electron chi connectivity index (χ2n) is 7.01. The van der Waals surface area contributed by atoms with Crippen LogP contribution in [0.2, 0.25) is 0 Å². The molecule has 1 atom stereocenters. The van der Waals surface area contributed by atoms with E-state index in [1.54, 1.807) is 0 Å². The van der Waals surface area contributed by atoms with E-state index in [2.05, 4.69) is 49.1 Å². The van der Waals surface area contributed by atoms with E-state index in [0.29, 0.717) is 17.2 Å². The van der Waals surface area contributed by atoms with Crippen molar-refractivity contribution >= 4 is 0 Å². The lowest BCUT2D eigenvalue weighted by Crippen LogP contribution is -2.10. The van der Waals surface area contributed by atoms with E-state index in [1.807, 2.05) is 6.92 Å². The predicted molar refractivity (Wildman–Crippen MR) is 79.6 cm³/mol. The van der Waals surface area contributed by atoms with Crippen molar-refractivity contribution in [3.05, 3.63) is 35.2 Å². The molecule has 0 saturated heterocycles. The molecular formula is C17H22N2O. The molecule has 0 bridgehead atoms. The number of benzene rings is 1. The minimum atomic E-state index is 0.366. The van der Waals surface area contributed by atoms with Crippen LogP contribution in [0.1, 0.15) is 56.5 Å². The van der Waals surface area contributed by atoms with Gasteiger partial charge in [-0.25, -0.2) is 0 Å². The first kappa shape index (κ1) is 13.3. The molecule has 1 heterocycles. The Hall–Kier alpha value is -1.64. The van der Waals surface area contributed by atoms with Crippen molar-refractivity contribution in [2.24, 2.45) is 5.41 Å². The fraction of sp³-hybridized carbons (Fsp3) is 0.529. The van der Waals surface area contributed by atoms with E-state index in [0.717, 1.165) is 17.8 Å². The van der Waals surface area contributed by atoms with Gasteiger partial charge in [0.15, 0.2) is 0 Å². The lowest BCUT2D eigenvalue weighted by atomic mass is 9.82. The number of aromatic nitrogens is 2. The lowest BCUT2D eigenvalue weighted by molar-refractivity contribution is 0.338. The van der Waals surface area contributed by atoms with Crippen molar-refractivity contribution < 1.29 is 4.52 Å². The number of fused-ring (bicyclic) bond motifs is 1. The summed E-state index contributed by atoms with van der Waals surface area (Å²) in [5.74, 6) is 2.02. The van der Waals surface area contributed by atoms with Crippen molar-refractivity contribution in [1.82, 2.24) is 10.1 Å². The average molecular weight is 270 g/mol. The quantitative estimate of drug-likeness (QED) is 0.805. The summed E-state index contributed by atoms with van der Waals surface area (Å²) < 4.78 is 5.12. The summed E-state index contributed by atoms with van der Waals surface area (Å²) in [6.07, 6.45) is 3.59. The zero-order valence-electron chi connectivity index (χ0n) is 12.7. The van der Waals surface area contributed by atoms with Crippen molar-refractivity contribution in [2.45, 2.75) is 52.9 Å². The highest BCUT2D eigenvalue weighted by molar-refractivity contribution is 5.63. The van der Waals surface area contributed by atoms with Gasteiger partial charge in [-0.05, 0) is 41.7 Å². The SMILES string of the molecule is Cc1nc(-c2cccc3c2CC[C@H]3CC(C)(C)C)no1. The Morgan fingerprint density at radius 3 is 2.75 bits per heavy atom. The van der Waals surface area contributed by atoms with E-state index in [9.17, 15) is 0 Å². The Kier molecular flexibility index (Phi) is 3.15. The van der Waals surface area contributed by atoms with Crippen LogP contribution in [0.15, 0.2) is 22.7 Å². The van der Waals surface area contributed by atoms with Gasteiger partial charge in [-0.2, -0.15) is 4.98 Å². The number of aryl methyl sites for hydroxylation is 1. The molecule has 0 N–H and O–H groups in total. The first-order valence-electron chi connectivity index (χ1n) is 7.36. The molecule has 0 saturated carbocycles. The summed E-state index contributed by atoms with van der Waals surface area (Å²) >= 11 is 0.